The molecule has 0 atom stereocenters. The van der Waals surface area contributed by atoms with Gasteiger partial charge in [-0.3, -0.25) is 9.59 Å². The fourth-order valence-corrected chi connectivity index (χ4v) is 16.1. The van der Waals surface area contributed by atoms with Gasteiger partial charge in [-0.25, -0.2) is 8.42 Å². The van der Waals surface area contributed by atoms with Gasteiger partial charge in [0, 0.05) is 22.3 Å². The monoisotopic (exact) mass is 1330 g/mol. The Balaban J connectivity index is 0.602. The van der Waals surface area contributed by atoms with Crippen LogP contribution in [-0.2, 0) is 20.7 Å². The van der Waals surface area contributed by atoms with Crippen molar-refractivity contribution in [3.05, 3.63) is 417 Å². The Morgan fingerprint density at radius 1 is 0.267 bits per heavy atom. The Morgan fingerprint density at radius 3 is 0.752 bits per heavy atom. The Kier molecular flexibility index (Phi) is 16.2. The molecule has 0 N–H and O–H groups in total. The maximum atomic E-state index is 14.2. The number of carbonyl (C=O) groups excluding carboxylic acids is 2. The zero-order valence-electron chi connectivity index (χ0n) is 55.9. The number of rotatable bonds is 18. The minimum absolute atomic E-state index is 0.0224. The Hall–Kier alpha value is -12.4. The van der Waals surface area contributed by atoms with Crippen LogP contribution in [-0.4, -0.2) is 20.0 Å². The Labute approximate surface area is 587 Å². The normalized spacial score (nSPS) is 12.9. The van der Waals surface area contributed by atoms with E-state index in [9.17, 15) is 18.0 Å². The zero-order chi connectivity index (χ0) is 69.0. The van der Waals surface area contributed by atoms with Crippen LogP contribution in [0.1, 0.15) is 98.6 Å². The third-order valence-electron chi connectivity index (χ3n) is 19.8. The summed E-state index contributed by atoms with van der Waals surface area (Å²) >= 11 is 0. The lowest BCUT2D eigenvalue weighted by Gasteiger charge is -2.34. The van der Waals surface area contributed by atoms with Crippen LogP contribution in [0.25, 0.3) is 22.3 Å². The van der Waals surface area contributed by atoms with Crippen LogP contribution in [0.5, 0.6) is 46.0 Å². The van der Waals surface area contributed by atoms with Crippen molar-refractivity contribution in [2.45, 2.75) is 48.3 Å². The van der Waals surface area contributed by atoms with Crippen molar-refractivity contribution in [3.63, 3.8) is 0 Å². The molecule has 0 unspecified atom stereocenters. The van der Waals surface area contributed by atoms with Gasteiger partial charge < -0.3 is 18.9 Å². The smallest absolute Gasteiger partial charge is 0.206 e. The predicted octanol–water partition coefficient (Wildman–Crippen LogP) is 22.1. The standard InChI is InChI=1S/C92H66O8S/c1-59-21-23-61(3)83(57-59)89(93)63-25-37-69(38-26-63)97-71-41-29-65(30-42-71)91(85-17-9-5-13-79(85)80-14-6-10-18-86(80)91)67-33-45-73(46-34-67)99-75-49-53-77(54-50-75)101(95,96)78-55-51-76(52-56-78)100-74-47-35-68(36-48-74)92(87-19-11-7-15-81(87)82-16-8-12-20-88(82)92)66-31-43-72(44-32-66)98-70-39-27-64(28-40-70)90(94)84-58-60(2)22-24-62(84)4/h5-58H,1-4H3. The summed E-state index contributed by atoms with van der Waals surface area (Å²) in [5.74, 6) is 4.66. The van der Waals surface area contributed by atoms with Gasteiger partial charge in [-0.15, -0.1) is 0 Å². The van der Waals surface area contributed by atoms with Gasteiger partial charge in [0.2, 0.25) is 9.84 Å². The number of benzene rings is 14. The fourth-order valence-electron chi connectivity index (χ4n) is 14.8. The molecular weight excluding hydrogens is 1270 g/mol. The van der Waals surface area contributed by atoms with Gasteiger partial charge in [0.1, 0.15) is 46.0 Å². The summed E-state index contributed by atoms with van der Waals surface area (Å²) in [7, 11) is -3.93. The molecule has 0 heterocycles. The second kappa shape index (κ2) is 25.8. The second-order valence-electron chi connectivity index (χ2n) is 26.0. The summed E-state index contributed by atoms with van der Waals surface area (Å²) in [5, 5.41) is 0. The van der Waals surface area contributed by atoms with Crippen LogP contribution in [0.15, 0.2) is 337 Å². The van der Waals surface area contributed by atoms with E-state index in [1.165, 1.54) is 0 Å². The summed E-state index contributed by atoms with van der Waals surface area (Å²) in [6, 6.07) is 106. The predicted molar refractivity (Wildman–Crippen MR) is 398 cm³/mol. The largest absolute Gasteiger partial charge is 0.457 e. The highest BCUT2D eigenvalue weighted by Crippen LogP contribution is 2.58. The SMILES string of the molecule is Cc1ccc(C)c(C(=O)c2ccc(Oc3ccc(C4(c5ccc(Oc6ccc(S(=O)(=O)c7ccc(Oc8ccc(C9(c%10ccc(Oc%11ccc(C(=O)c%12cc(C)ccc%12C)cc%11)cc%10)c%10ccccc%10-c%10ccccc%109)cc8)cc7)cc6)cc5)c5ccccc5-c5ccccc54)cc3)cc2)c1. The van der Waals surface area contributed by atoms with Crippen molar-refractivity contribution in [2.24, 2.45) is 0 Å². The molecule has 0 saturated carbocycles. The summed E-state index contributed by atoms with van der Waals surface area (Å²) in [6.07, 6.45) is 0. The van der Waals surface area contributed by atoms with Crippen molar-refractivity contribution in [3.8, 4) is 68.2 Å². The molecular formula is C92H66O8S. The van der Waals surface area contributed by atoms with E-state index in [1.54, 1.807) is 48.5 Å². The molecule has 14 aromatic carbocycles. The molecule has 9 heteroatoms. The van der Waals surface area contributed by atoms with Crippen LogP contribution in [0.4, 0.5) is 0 Å². The number of ketones is 2. The van der Waals surface area contributed by atoms with Crippen LogP contribution in [0.3, 0.4) is 0 Å². The molecule has 101 heavy (non-hydrogen) atoms. The molecule has 0 spiro atoms. The molecule has 16 rings (SSSR count). The molecule has 0 fully saturated rings. The lowest BCUT2D eigenvalue weighted by atomic mass is 9.68. The van der Waals surface area contributed by atoms with Crippen molar-refractivity contribution in [2.75, 3.05) is 0 Å². The third kappa shape index (κ3) is 11.4. The molecule has 0 radical (unpaired) electrons. The zero-order valence-corrected chi connectivity index (χ0v) is 56.7. The Morgan fingerprint density at radius 2 is 0.495 bits per heavy atom. The molecule has 0 aromatic heterocycles. The summed E-state index contributed by atoms with van der Waals surface area (Å²) in [6.45, 7) is 7.89. The van der Waals surface area contributed by atoms with E-state index in [1.807, 2.05) is 161 Å². The average Bonchev–Trinajstić information content (AvgIpc) is 1.56. The maximum absolute atomic E-state index is 14.2. The number of ether oxygens (including phenoxy) is 4. The first-order chi connectivity index (χ1) is 49.2. The molecule has 488 valence electrons. The van der Waals surface area contributed by atoms with E-state index in [2.05, 4.69) is 146 Å². The fraction of sp³-hybridized carbons (Fsp3) is 0.0652. The highest BCUT2D eigenvalue weighted by molar-refractivity contribution is 7.91. The molecule has 0 amide bonds. The van der Waals surface area contributed by atoms with E-state index >= 15 is 0 Å². The molecule has 0 saturated heterocycles. The molecule has 2 aliphatic rings. The summed E-state index contributed by atoms with van der Waals surface area (Å²) < 4.78 is 54.0. The minimum Gasteiger partial charge on any atom is -0.457 e. The van der Waals surface area contributed by atoms with Gasteiger partial charge in [0.15, 0.2) is 11.6 Å². The van der Waals surface area contributed by atoms with E-state index < -0.39 is 20.7 Å². The first kappa shape index (κ1) is 63.3. The van der Waals surface area contributed by atoms with E-state index in [4.69, 9.17) is 18.9 Å². The topological polar surface area (TPSA) is 105 Å². The van der Waals surface area contributed by atoms with Gasteiger partial charge in [-0.05, 0) is 263 Å². The van der Waals surface area contributed by atoms with Crippen LogP contribution >= 0.6 is 0 Å². The van der Waals surface area contributed by atoms with E-state index in [0.29, 0.717) is 68.2 Å². The molecule has 2 aliphatic carbocycles. The molecule has 0 bridgehead atoms. The number of fused-ring (bicyclic) bond motifs is 6. The number of sulfone groups is 1. The van der Waals surface area contributed by atoms with E-state index in [0.717, 1.165) is 89.0 Å². The number of aryl methyl sites for hydroxylation is 4. The maximum Gasteiger partial charge on any atom is 0.206 e. The van der Waals surface area contributed by atoms with Crippen LogP contribution in [0.2, 0.25) is 0 Å². The lowest BCUT2D eigenvalue weighted by Crippen LogP contribution is -2.28. The lowest BCUT2D eigenvalue weighted by molar-refractivity contribution is 0.103. The van der Waals surface area contributed by atoms with Crippen molar-refractivity contribution in [1.29, 1.82) is 0 Å². The quantitative estimate of drug-likeness (QED) is 0.0783. The van der Waals surface area contributed by atoms with Gasteiger partial charge in [0.25, 0.3) is 0 Å². The van der Waals surface area contributed by atoms with Crippen LogP contribution in [0, 0.1) is 27.7 Å². The van der Waals surface area contributed by atoms with Gasteiger partial charge in [-0.2, -0.15) is 0 Å². The number of carbonyl (C=O) groups is 2. The Bertz CT molecular complexity index is 5190. The summed E-state index contributed by atoms with van der Waals surface area (Å²) in [5.41, 5.74) is 18.6. The average molecular weight is 1330 g/mol. The third-order valence-corrected chi connectivity index (χ3v) is 21.6. The van der Waals surface area contributed by atoms with Gasteiger partial charge in [0.05, 0.1) is 20.6 Å². The highest BCUT2D eigenvalue weighted by Gasteiger charge is 2.47. The first-order valence-corrected chi connectivity index (χ1v) is 35.1. The molecule has 8 nitrogen and oxygen atoms in total. The van der Waals surface area contributed by atoms with Crippen molar-refractivity contribution < 1.29 is 37.0 Å². The van der Waals surface area contributed by atoms with Crippen molar-refractivity contribution in [1.82, 2.24) is 0 Å². The molecule has 14 aromatic rings. The number of hydrogen-bond donors (Lipinski definition) is 0. The van der Waals surface area contributed by atoms with Gasteiger partial charge in [-0.1, -0.05) is 181 Å². The minimum atomic E-state index is -3.93. The number of hydrogen-bond acceptors (Lipinski definition) is 8. The first-order valence-electron chi connectivity index (χ1n) is 33.6. The second-order valence-corrected chi connectivity index (χ2v) is 27.9. The van der Waals surface area contributed by atoms with Crippen molar-refractivity contribution >= 4 is 21.4 Å². The summed E-state index contributed by atoms with van der Waals surface area (Å²) in [4.78, 5) is 27.2. The van der Waals surface area contributed by atoms with Crippen LogP contribution < -0.4 is 18.9 Å². The van der Waals surface area contributed by atoms with Gasteiger partial charge >= 0.3 is 0 Å². The molecule has 0 aliphatic heterocycles. The highest BCUT2D eigenvalue weighted by atomic mass is 32.2. The van der Waals surface area contributed by atoms with E-state index in [-0.39, 0.29) is 21.4 Å².